The van der Waals surface area contributed by atoms with Crippen LogP contribution in [0, 0.1) is 0 Å². The number of hydrogen-bond donors (Lipinski definition) is 0. The quantitative estimate of drug-likeness (QED) is 0.154. The Morgan fingerprint density at radius 2 is 1.80 bits per heavy atom. The van der Waals surface area contributed by atoms with Crippen LogP contribution < -0.4 is 0 Å². The van der Waals surface area contributed by atoms with Crippen LogP contribution >= 0.6 is 0 Å². The normalized spacial score (nSPS) is 20.2. The van der Waals surface area contributed by atoms with Crippen molar-refractivity contribution >= 4 is 16.4 Å². The highest BCUT2D eigenvalue weighted by Crippen LogP contribution is 2.36. The highest BCUT2D eigenvalue weighted by molar-refractivity contribution is 6.76. The van der Waals surface area contributed by atoms with E-state index in [-0.39, 0.29) is 11.1 Å². The summed E-state index contributed by atoms with van der Waals surface area (Å²) in [5.74, 6) is 0. The van der Waals surface area contributed by atoms with Crippen molar-refractivity contribution in [3.8, 4) is 0 Å². The van der Waals surface area contributed by atoms with E-state index in [4.69, 9.17) is 18.6 Å². The smallest absolute Gasteiger partial charge is 0.192 e. The summed E-state index contributed by atoms with van der Waals surface area (Å²) in [6, 6.07) is 1.16. The molecule has 1 aliphatic rings. The van der Waals surface area contributed by atoms with E-state index in [0.717, 1.165) is 25.7 Å². The van der Waals surface area contributed by atoms with E-state index in [1.807, 2.05) is 0 Å². The van der Waals surface area contributed by atoms with Crippen LogP contribution in [0.25, 0.3) is 0 Å². The SMILES string of the molecule is CC(C)(C)[Si](C)(C)OC[C@H](/C=C\C[C@H]1CO1)OCOCC[Si](C)(C)C. The first-order valence-corrected chi connectivity index (χ1v) is 16.1. The molecule has 0 aromatic rings. The molecule has 0 unspecified atom stereocenters. The highest BCUT2D eigenvalue weighted by Gasteiger charge is 2.37. The van der Waals surface area contributed by atoms with Crippen molar-refractivity contribution in [1.82, 2.24) is 0 Å². The van der Waals surface area contributed by atoms with Gasteiger partial charge in [0.1, 0.15) is 12.9 Å². The van der Waals surface area contributed by atoms with E-state index in [1.165, 1.54) is 0 Å². The molecule has 1 fully saturated rings. The summed E-state index contributed by atoms with van der Waals surface area (Å²) in [7, 11) is -2.82. The molecular weight excluding hydrogens is 348 g/mol. The van der Waals surface area contributed by atoms with Gasteiger partial charge in [0, 0.05) is 14.7 Å². The van der Waals surface area contributed by atoms with Crippen molar-refractivity contribution in [3.63, 3.8) is 0 Å². The van der Waals surface area contributed by atoms with Crippen LogP contribution in [0.3, 0.4) is 0 Å². The minimum absolute atomic E-state index is 0.0558. The minimum Gasteiger partial charge on any atom is -0.414 e. The lowest BCUT2D eigenvalue weighted by Gasteiger charge is -2.37. The van der Waals surface area contributed by atoms with Crippen LogP contribution in [-0.4, -0.2) is 55.2 Å². The van der Waals surface area contributed by atoms with Gasteiger partial charge in [-0.05, 0) is 30.6 Å². The fraction of sp³-hybridized carbons (Fsp3) is 0.895. The van der Waals surface area contributed by atoms with Crippen molar-refractivity contribution in [2.45, 2.75) is 83.2 Å². The van der Waals surface area contributed by atoms with Crippen molar-refractivity contribution in [3.05, 3.63) is 12.2 Å². The third kappa shape index (κ3) is 10.7. The number of rotatable bonds is 12. The van der Waals surface area contributed by atoms with Gasteiger partial charge in [-0.1, -0.05) is 52.6 Å². The Hall–Kier alpha value is 0.0138. The largest absolute Gasteiger partial charge is 0.414 e. The van der Waals surface area contributed by atoms with E-state index < -0.39 is 16.4 Å². The molecule has 1 saturated heterocycles. The maximum Gasteiger partial charge on any atom is 0.192 e. The molecule has 6 heteroatoms. The Kier molecular flexibility index (Phi) is 9.04. The summed E-state index contributed by atoms with van der Waals surface area (Å²) >= 11 is 0. The maximum absolute atomic E-state index is 6.32. The highest BCUT2D eigenvalue weighted by atomic mass is 28.4. The molecule has 0 aromatic heterocycles. The summed E-state index contributed by atoms with van der Waals surface area (Å²) in [4.78, 5) is 0. The predicted molar refractivity (Wildman–Crippen MR) is 110 cm³/mol. The molecule has 1 rings (SSSR count). The molecule has 0 radical (unpaired) electrons. The Labute approximate surface area is 157 Å². The van der Waals surface area contributed by atoms with Crippen LogP contribution in [0.5, 0.6) is 0 Å². The van der Waals surface area contributed by atoms with Crippen molar-refractivity contribution in [2.24, 2.45) is 0 Å². The monoisotopic (exact) mass is 388 g/mol. The number of ether oxygens (including phenoxy) is 3. The standard InChI is InChI=1S/C19H40O4Si2/c1-19(2,3)25(7,8)23-15-18(11-9-10-17-14-21-17)22-16-20-12-13-24(4,5)6/h9,11,17-18H,10,12-16H2,1-8H3/b11-9-/t17-,18-/m0/s1. The van der Waals surface area contributed by atoms with Crippen molar-refractivity contribution < 1.29 is 18.6 Å². The summed E-state index contributed by atoms with van der Waals surface area (Å²) < 4.78 is 23.2. The van der Waals surface area contributed by atoms with E-state index in [9.17, 15) is 0 Å². The van der Waals surface area contributed by atoms with Crippen LogP contribution in [0.1, 0.15) is 27.2 Å². The van der Waals surface area contributed by atoms with Gasteiger partial charge in [-0.25, -0.2) is 0 Å². The average Bonchev–Trinajstić information content (AvgIpc) is 3.25. The third-order valence-electron chi connectivity index (χ3n) is 4.93. The lowest BCUT2D eigenvalue weighted by molar-refractivity contribution is -0.0823. The molecule has 25 heavy (non-hydrogen) atoms. The van der Waals surface area contributed by atoms with Crippen molar-refractivity contribution in [1.29, 1.82) is 0 Å². The fourth-order valence-corrected chi connectivity index (χ4v) is 3.60. The van der Waals surface area contributed by atoms with E-state index in [0.29, 0.717) is 19.5 Å². The zero-order chi connectivity index (χ0) is 19.1. The molecule has 0 N–H and O–H groups in total. The summed E-state index contributed by atoms with van der Waals surface area (Å²) in [5.41, 5.74) is 0. The summed E-state index contributed by atoms with van der Waals surface area (Å²) in [5, 5.41) is 0.205. The molecule has 148 valence electrons. The van der Waals surface area contributed by atoms with E-state index in [2.05, 4.69) is 65.7 Å². The lowest BCUT2D eigenvalue weighted by Crippen LogP contribution is -2.42. The lowest BCUT2D eigenvalue weighted by atomic mass is 10.2. The summed E-state index contributed by atoms with van der Waals surface area (Å²) in [6.07, 6.45) is 5.57. The Bertz CT molecular complexity index is 407. The van der Waals surface area contributed by atoms with Gasteiger partial charge in [-0.15, -0.1) is 0 Å². The van der Waals surface area contributed by atoms with Gasteiger partial charge in [-0.3, -0.25) is 0 Å². The molecule has 0 aromatic carbocycles. The van der Waals surface area contributed by atoms with Crippen LogP contribution in [0.15, 0.2) is 12.2 Å². The van der Waals surface area contributed by atoms with Gasteiger partial charge in [0.2, 0.25) is 0 Å². The molecule has 4 nitrogen and oxygen atoms in total. The van der Waals surface area contributed by atoms with Gasteiger partial charge in [0.25, 0.3) is 0 Å². The summed E-state index contributed by atoms with van der Waals surface area (Å²) in [6.45, 7) is 21.0. The van der Waals surface area contributed by atoms with Gasteiger partial charge >= 0.3 is 0 Å². The molecule has 0 bridgehead atoms. The Balaban J connectivity index is 2.41. The van der Waals surface area contributed by atoms with Gasteiger partial charge in [-0.2, -0.15) is 0 Å². The Morgan fingerprint density at radius 1 is 1.16 bits per heavy atom. The van der Waals surface area contributed by atoms with Gasteiger partial charge in [0.15, 0.2) is 8.32 Å². The second-order valence-corrected chi connectivity index (χ2v) is 20.2. The second-order valence-electron chi connectivity index (χ2n) is 9.73. The topological polar surface area (TPSA) is 40.2 Å². The minimum atomic E-state index is -1.77. The number of epoxide rings is 1. The number of hydrogen-bond acceptors (Lipinski definition) is 4. The second kappa shape index (κ2) is 9.81. The molecule has 0 amide bonds. The van der Waals surface area contributed by atoms with Crippen LogP contribution in [0.2, 0.25) is 43.8 Å². The van der Waals surface area contributed by atoms with Crippen LogP contribution in [0.4, 0.5) is 0 Å². The maximum atomic E-state index is 6.32. The fourth-order valence-electron chi connectivity index (χ4n) is 1.83. The molecular formula is C19H40O4Si2. The first-order valence-electron chi connectivity index (χ1n) is 9.52. The van der Waals surface area contributed by atoms with E-state index >= 15 is 0 Å². The van der Waals surface area contributed by atoms with Gasteiger partial charge < -0.3 is 18.6 Å². The third-order valence-corrected chi connectivity index (χ3v) is 11.1. The average molecular weight is 389 g/mol. The van der Waals surface area contributed by atoms with Crippen molar-refractivity contribution in [2.75, 3.05) is 26.6 Å². The predicted octanol–water partition coefficient (Wildman–Crippen LogP) is 5.05. The molecule has 0 aliphatic carbocycles. The molecule has 0 saturated carbocycles. The van der Waals surface area contributed by atoms with Crippen LogP contribution in [-0.2, 0) is 18.6 Å². The zero-order valence-corrected chi connectivity index (χ0v) is 19.7. The molecule has 1 aliphatic heterocycles. The Morgan fingerprint density at radius 3 is 2.32 bits per heavy atom. The molecule has 1 heterocycles. The first-order chi connectivity index (χ1) is 11.4. The van der Waals surface area contributed by atoms with Gasteiger partial charge in [0.05, 0.1) is 19.3 Å². The zero-order valence-electron chi connectivity index (χ0n) is 17.7. The van der Waals surface area contributed by atoms with E-state index in [1.54, 1.807) is 0 Å². The molecule has 0 spiro atoms. The molecule has 2 atom stereocenters. The first kappa shape index (κ1) is 23.1.